The van der Waals surface area contributed by atoms with Crippen LogP contribution in [0.3, 0.4) is 0 Å². The molecule has 23 heavy (non-hydrogen) atoms. The normalized spacial score (nSPS) is 12.9. The van der Waals surface area contributed by atoms with Crippen LogP contribution in [0.2, 0.25) is 0 Å². The molecule has 116 valence electrons. The molecule has 1 N–H and O–H groups in total. The van der Waals surface area contributed by atoms with Gasteiger partial charge in [-0.15, -0.1) is 0 Å². The summed E-state index contributed by atoms with van der Waals surface area (Å²) in [6, 6.07) is 12.9. The number of hydrogen-bond donors (Lipinski definition) is 1. The fourth-order valence-electron chi connectivity index (χ4n) is 2.51. The third-order valence-corrected chi connectivity index (χ3v) is 3.57. The number of rotatable bonds is 4. The maximum absolute atomic E-state index is 12.2. The Morgan fingerprint density at radius 3 is 2.74 bits per heavy atom. The zero-order valence-corrected chi connectivity index (χ0v) is 12.1. The van der Waals surface area contributed by atoms with Gasteiger partial charge in [-0.1, -0.05) is 24.3 Å². The standard InChI is InChI=1S/C16H13N3O4/c20-15(17-12-5-3-6-13(8-12)19(22)23)10-18-9-11-4-1-2-7-14(11)16(18)21/h1-8H,9-10H2,(H,17,20). The Hall–Kier alpha value is -3.22. The first-order valence-electron chi connectivity index (χ1n) is 6.96. The van der Waals surface area contributed by atoms with E-state index >= 15 is 0 Å². The van der Waals surface area contributed by atoms with Gasteiger partial charge in [0.2, 0.25) is 5.91 Å². The zero-order valence-electron chi connectivity index (χ0n) is 12.1. The second-order valence-corrected chi connectivity index (χ2v) is 5.17. The number of hydrogen-bond acceptors (Lipinski definition) is 4. The highest BCUT2D eigenvalue weighted by Crippen LogP contribution is 2.22. The second kappa shape index (κ2) is 5.88. The molecule has 0 radical (unpaired) electrons. The quantitative estimate of drug-likeness (QED) is 0.692. The molecular formula is C16H13N3O4. The highest BCUT2D eigenvalue weighted by molar-refractivity contribution is 6.02. The van der Waals surface area contributed by atoms with Crippen LogP contribution in [-0.4, -0.2) is 28.2 Å². The molecule has 2 aromatic carbocycles. The number of nitro benzene ring substituents is 1. The number of nitrogens with zero attached hydrogens (tertiary/aromatic N) is 2. The summed E-state index contributed by atoms with van der Waals surface area (Å²) >= 11 is 0. The molecule has 0 bridgehead atoms. The zero-order chi connectivity index (χ0) is 16.4. The van der Waals surface area contributed by atoms with Crippen LogP contribution in [-0.2, 0) is 11.3 Å². The van der Waals surface area contributed by atoms with Crippen molar-refractivity contribution in [1.29, 1.82) is 0 Å². The molecular weight excluding hydrogens is 298 g/mol. The first-order valence-corrected chi connectivity index (χ1v) is 6.96. The van der Waals surface area contributed by atoms with Gasteiger partial charge in [-0.05, 0) is 17.7 Å². The molecule has 0 atom stereocenters. The lowest BCUT2D eigenvalue weighted by Crippen LogP contribution is -2.33. The van der Waals surface area contributed by atoms with Crippen molar-refractivity contribution in [1.82, 2.24) is 4.90 Å². The van der Waals surface area contributed by atoms with Crippen molar-refractivity contribution in [2.24, 2.45) is 0 Å². The third-order valence-electron chi connectivity index (χ3n) is 3.57. The number of nitro groups is 1. The maximum Gasteiger partial charge on any atom is 0.271 e. The van der Waals surface area contributed by atoms with E-state index in [0.717, 1.165) is 5.56 Å². The van der Waals surface area contributed by atoms with Gasteiger partial charge in [0, 0.05) is 29.9 Å². The minimum atomic E-state index is -0.531. The Morgan fingerprint density at radius 1 is 1.22 bits per heavy atom. The molecule has 7 heteroatoms. The van der Waals surface area contributed by atoms with Crippen molar-refractivity contribution in [2.75, 3.05) is 11.9 Å². The summed E-state index contributed by atoms with van der Waals surface area (Å²) in [6.45, 7) is 0.285. The summed E-state index contributed by atoms with van der Waals surface area (Å²) in [4.78, 5) is 35.9. The van der Waals surface area contributed by atoms with Gasteiger partial charge in [-0.2, -0.15) is 0 Å². The summed E-state index contributed by atoms with van der Waals surface area (Å²) in [7, 11) is 0. The average molecular weight is 311 g/mol. The van der Waals surface area contributed by atoms with Crippen LogP contribution in [0.1, 0.15) is 15.9 Å². The molecule has 0 saturated heterocycles. The lowest BCUT2D eigenvalue weighted by Gasteiger charge is -2.15. The fourth-order valence-corrected chi connectivity index (χ4v) is 2.51. The van der Waals surface area contributed by atoms with Crippen LogP contribution in [0.15, 0.2) is 48.5 Å². The Bertz CT molecular complexity index is 803. The number of carbonyl (C=O) groups excluding carboxylic acids is 2. The Labute approximate surface area is 131 Å². The smallest absolute Gasteiger partial charge is 0.271 e. The van der Waals surface area contributed by atoms with E-state index in [4.69, 9.17) is 0 Å². The molecule has 0 spiro atoms. The Morgan fingerprint density at radius 2 is 2.00 bits per heavy atom. The van der Waals surface area contributed by atoms with Gasteiger partial charge in [0.1, 0.15) is 6.54 Å². The minimum absolute atomic E-state index is 0.101. The van der Waals surface area contributed by atoms with E-state index in [1.165, 1.54) is 23.1 Å². The van der Waals surface area contributed by atoms with Crippen LogP contribution in [0.4, 0.5) is 11.4 Å². The first kappa shape index (κ1) is 14.7. The van der Waals surface area contributed by atoms with Gasteiger partial charge >= 0.3 is 0 Å². The van der Waals surface area contributed by atoms with E-state index in [2.05, 4.69) is 5.32 Å². The van der Waals surface area contributed by atoms with Crippen molar-refractivity contribution in [3.63, 3.8) is 0 Å². The molecule has 1 aliphatic heterocycles. The largest absolute Gasteiger partial charge is 0.325 e. The summed E-state index contributed by atoms with van der Waals surface area (Å²) < 4.78 is 0. The molecule has 2 amide bonds. The van der Waals surface area contributed by atoms with Crippen LogP contribution in [0.25, 0.3) is 0 Å². The number of fused-ring (bicyclic) bond motifs is 1. The van der Waals surface area contributed by atoms with E-state index in [1.807, 2.05) is 12.1 Å². The van der Waals surface area contributed by atoms with E-state index in [9.17, 15) is 19.7 Å². The monoisotopic (exact) mass is 311 g/mol. The van der Waals surface area contributed by atoms with Gasteiger partial charge < -0.3 is 10.2 Å². The van der Waals surface area contributed by atoms with Crippen molar-refractivity contribution < 1.29 is 14.5 Å². The van der Waals surface area contributed by atoms with Gasteiger partial charge in [0.25, 0.3) is 11.6 Å². The molecule has 0 aromatic heterocycles. The predicted molar refractivity (Wildman–Crippen MR) is 82.9 cm³/mol. The summed E-state index contributed by atoms with van der Waals surface area (Å²) in [5.74, 6) is -0.582. The van der Waals surface area contributed by atoms with E-state index < -0.39 is 10.8 Å². The molecule has 0 unspecified atom stereocenters. The van der Waals surface area contributed by atoms with Crippen LogP contribution in [0.5, 0.6) is 0 Å². The minimum Gasteiger partial charge on any atom is -0.325 e. The Balaban J connectivity index is 1.66. The average Bonchev–Trinajstić information content (AvgIpc) is 2.84. The molecule has 3 rings (SSSR count). The maximum atomic E-state index is 12.2. The fraction of sp³-hybridized carbons (Fsp3) is 0.125. The molecule has 1 heterocycles. The Kier molecular flexibility index (Phi) is 3.76. The lowest BCUT2D eigenvalue weighted by atomic mass is 10.1. The molecule has 2 aromatic rings. The lowest BCUT2D eigenvalue weighted by molar-refractivity contribution is -0.384. The first-order chi connectivity index (χ1) is 11.0. The summed E-state index contributed by atoms with van der Waals surface area (Å²) in [5.41, 5.74) is 1.72. The van der Waals surface area contributed by atoms with Crippen molar-refractivity contribution in [3.05, 3.63) is 69.8 Å². The van der Waals surface area contributed by atoms with Gasteiger partial charge in [-0.3, -0.25) is 19.7 Å². The molecule has 0 saturated carbocycles. The third kappa shape index (κ3) is 3.03. The summed E-state index contributed by atoms with van der Waals surface area (Å²) in [5, 5.41) is 13.3. The summed E-state index contributed by atoms with van der Waals surface area (Å²) in [6.07, 6.45) is 0. The van der Waals surface area contributed by atoms with E-state index in [1.54, 1.807) is 18.2 Å². The van der Waals surface area contributed by atoms with E-state index in [-0.39, 0.29) is 18.1 Å². The van der Waals surface area contributed by atoms with Gasteiger partial charge in [0.15, 0.2) is 0 Å². The van der Waals surface area contributed by atoms with Crippen molar-refractivity contribution in [3.8, 4) is 0 Å². The molecule has 7 nitrogen and oxygen atoms in total. The second-order valence-electron chi connectivity index (χ2n) is 5.17. The predicted octanol–water partition coefficient (Wildman–Crippen LogP) is 2.19. The molecule has 0 aliphatic carbocycles. The highest BCUT2D eigenvalue weighted by Gasteiger charge is 2.28. The number of non-ortho nitro benzene ring substituents is 1. The number of amides is 2. The molecule has 1 aliphatic rings. The number of anilines is 1. The van der Waals surface area contributed by atoms with Gasteiger partial charge in [0.05, 0.1) is 4.92 Å². The SMILES string of the molecule is O=C(CN1Cc2ccccc2C1=O)Nc1cccc([N+](=O)[O-])c1. The molecule has 0 fully saturated rings. The topological polar surface area (TPSA) is 92.6 Å². The number of carbonyl (C=O) groups is 2. The number of nitrogens with one attached hydrogen (secondary N) is 1. The van der Waals surface area contributed by atoms with Crippen LogP contribution in [0, 0.1) is 10.1 Å². The van der Waals surface area contributed by atoms with Crippen molar-refractivity contribution in [2.45, 2.75) is 6.54 Å². The van der Waals surface area contributed by atoms with E-state index in [0.29, 0.717) is 17.8 Å². The van der Waals surface area contributed by atoms with Crippen molar-refractivity contribution >= 4 is 23.2 Å². The van der Waals surface area contributed by atoms with Gasteiger partial charge in [-0.25, -0.2) is 0 Å². The van der Waals surface area contributed by atoms with Crippen LogP contribution < -0.4 is 5.32 Å². The number of benzene rings is 2. The van der Waals surface area contributed by atoms with Crippen LogP contribution >= 0.6 is 0 Å². The highest BCUT2D eigenvalue weighted by atomic mass is 16.6.